The molecule has 0 unspecified atom stereocenters. The van der Waals surface area contributed by atoms with Crippen molar-refractivity contribution in [2.75, 3.05) is 5.32 Å². The SMILES string of the molecule is CCn1c2ccccc2c2cc(NC(=O)c3cc4ccc5c6ccccc6[nH]c5c4c(/N=N/c4ccc(S(=O)(=O)O)cc4)c3O)ccc21. The Hall–Kier alpha value is -6.04. The van der Waals surface area contributed by atoms with E-state index in [1.807, 2.05) is 66.7 Å². The predicted molar refractivity (Wildman–Crippen MR) is 188 cm³/mol. The quantitative estimate of drug-likeness (QED) is 0.104. The number of fused-ring (bicyclic) bond motifs is 8. The lowest BCUT2D eigenvalue weighted by molar-refractivity contribution is 0.102. The molecule has 0 saturated heterocycles. The van der Waals surface area contributed by atoms with Crippen molar-refractivity contribution in [2.24, 2.45) is 10.2 Å². The molecule has 0 radical (unpaired) electrons. The smallest absolute Gasteiger partial charge is 0.294 e. The number of aromatic amines is 1. The van der Waals surface area contributed by atoms with E-state index in [4.69, 9.17) is 0 Å². The van der Waals surface area contributed by atoms with Crippen molar-refractivity contribution in [2.45, 2.75) is 18.4 Å². The van der Waals surface area contributed by atoms with Crippen molar-refractivity contribution in [1.82, 2.24) is 9.55 Å². The second kappa shape index (κ2) is 11.0. The van der Waals surface area contributed by atoms with Crippen LogP contribution in [0.1, 0.15) is 17.3 Å². The lowest BCUT2D eigenvalue weighted by Crippen LogP contribution is -2.12. The van der Waals surface area contributed by atoms with Gasteiger partial charge in [0.05, 0.1) is 21.7 Å². The van der Waals surface area contributed by atoms with Gasteiger partial charge in [-0.1, -0.05) is 48.5 Å². The van der Waals surface area contributed by atoms with Gasteiger partial charge in [0.2, 0.25) is 0 Å². The number of para-hydroxylation sites is 2. The average Bonchev–Trinajstić information content (AvgIpc) is 3.62. The summed E-state index contributed by atoms with van der Waals surface area (Å²) in [5.74, 6) is -0.896. The molecular formula is C37H27N5O5S. The molecule has 0 aliphatic rings. The first kappa shape index (κ1) is 29.4. The van der Waals surface area contributed by atoms with Crippen molar-refractivity contribution >= 4 is 87.5 Å². The summed E-state index contributed by atoms with van der Waals surface area (Å²) in [6.45, 7) is 2.89. The molecule has 6 aromatic carbocycles. The molecule has 0 aliphatic heterocycles. The Kier molecular flexibility index (Phi) is 6.76. The fourth-order valence-corrected chi connectivity index (χ4v) is 6.99. The number of rotatable bonds is 6. The highest BCUT2D eigenvalue weighted by Crippen LogP contribution is 2.44. The third kappa shape index (κ3) is 4.75. The zero-order valence-corrected chi connectivity index (χ0v) is 26.3. The van der Waals surface area contributed by atoms with Crippen molar-refractivity contribution in [1.29, 1.82) is 0 Å². The van der Waals surface area contributed by atoms with E-state index in [0.29, 0.717) is 22.0 Å². The third-order valence-electron chi connectivity index (χ3n) is 8.72. The standard InChI is InChI=1S/C37H27N5O5S/c1-2-42-31-10-6-4-8-26(31)28-20-23(14-18-32(28)42)38-37(44)29-19-21-11-17-27-25-7-3-5-9-30(25)39-34(27)33(21)35(36(29)43)41-40-22-12-15-24(16-13-22)48(45,46)47/h3-20,39,43H,2H2,1H3,(H,38,44)(H,45,46,47)/b41-40+. The van der Waals surface area contributed by atoms with Gasteiger partial charge in [0.25, 0.3) is 16.0 Å². The first-order valence-corrected chi connectivity index (χ1v) is 16.7. The number of hydrogen-bond donors (Lipinski definition) is 4. The molecule has 236 valence electrons. The molecule has 0 saturated carbocycles. The number of nitrogens with one attached hydrogen (secondary N) is 2. The fraction of sp³-hybridized carbons (Fsp3) is 0.0541. The van der Waals surface area contributed by atoms with Gasteiger partial charge in [0.15, 0.2) is 5.75 Å². The van der Waals surface area contributed by atoms with E-state index in [2.05, 4.69) is 44.2 Å². The zero-order valence-electron chi connectivity index (χ0n) is 25.5. The lowest BCUT2D eigenvalue weighted by atomic mass is 10.00. The Bertz CT molecular complexity index is 2750. The number of aryl methyl sites for hydroxylation is 1. The van der Waals surface area contributed by atoms with Gasteiger partial charge in [-0.15, -0.1) is 5.11 Å². The van der Waals surface area contributed by atoms with E-state index >= 15 is 0 Å². The summed E-state index contributed by atoms with van der Waals surface area (Å²) in [6.07, 6.45) is 0. The highest BCUT2D eigenvalue weighted by molar-refractivity contribution is 7.85. The van der Waals surface area contributed by atoms with Crippen LogP contribution in [0.3, 0.4) is 0 Å². The molecule has 48 heavy (non-hydrogen) atoms. The first-order valence-electron chi connectivity index (χ1n) is 15.2. The summed E-state index contributed by atoms with van der Waals surface area (Å²) >= 11 is 0. The number of phenols is 1. The Balaban J connectivity index is 1.26. The largest absolute Gasteiger partial charge is 0.505 e. The number of H-pyrrole nitrogens is 1. The monoisotopic (exact) mass is 653 g/mol. The molecule has 2 aromatic heterocycles. The second-order valence-electron chi connectivity index (χ2n) is 11.5. The maximum Gasteiger partial charge on any atom is 0.294 e. The van der Waals surface area contributed by atoms with E-state index in [1.165, 1.54) is 24.3 Å². The molecule has 1 amide bonds. The fourth-order valence-electron chi connectivity index (χ4n) is 6.51. The molecule has 4 N–H and O–H groups in total. The summed E-state index contributed by atoms with van der Waals surface area (Å²) < 4.78 is 34.6. The van der Waals surface area contributed by atoms with Crippen molar-refractivity contribution < 1.29 is 22.9 Å². The highest BCUT2D eigenvalue weighted by atomic mass is 32.2. The summed E-state index contributed by atoms with van der Waals surface area (Å²) in [4.78, 5) is 17.0. The topological polar surface area (TPSA) is 149 Å². The Morgan fingerprint density at radius 1 is 0.812 bits per heavy atom. The summed E-state index contributed by atoms with van der Waals surface area (Å²) in [6, 6.07) is 32.3. The number of aromatic nitrogens is 2. The summed E-state index contributed by atoms with van der Waals surface area (Å²) in [5, 5.41) is 28.5. The molecular weight excluding hydrogens is 627 g/mol. The van der Waals surface area contributed by atoms with E-state index in [-0.39, 0.29) is 27.6 Å². The van der Waals surface area contributed by atoms with E-state index in [0.717, 1.165) is 44.6 Å². The molecule has 8 rings (SSSR count). The van der Waals surface area contributed by atoms with Crippen LogP contribution in [-0.4, -0.2) is 33.5 Å². The van der Waals surface area contributed by atoms with E-state index < -0.39 is 16.0 Å². The Morgan fingerprint density at radius 2 is 1.54 bits per heavy atom. The maximum absolute atomic E-state index is 13.9. The highest BCUT2D eigenvalue weighted by Gasteiger charge is 2.22. The van der Waals surface area contributed by atoms with Crippen LogP contribution in [0.5, 0.6) is 5.75 Å². The van der Waals surface area contributed by atoms with Gasteiger partial charge in [0, 0.05) is 55.7 Å². The number of azo groups is 1. The summed E-state index contributed by atoms with van der Waals surface area (Å²) in [7, 11) is -4.39. The minimum Gasteiger partial charge on any atom is -0.505 e. The van der Waals surface area contributed by atoms with Gasteiger partial charge in [-0.3, -0.25) is 9.35 Å². The second-order valence-corrected chi connectivity index (χ2v) is 12.9. The van der Waals surface area contributed by atoms with Crippen molar-refractivity contribution in [3.8, 4) is 5.75 Å². The molecule has 11 heteroatoms. The number of anilines is 1. The van der Waals surface area contributed by atoms with Crippen molar-refractivity contribution in [3.63, 3.8) is 0 Å². The number of phenolic OH excluding ortho intramolecular Hbond substituents is 1. The van der Waals surface area contributed by atoms with Crippen LogP contribution in [0, 0.1) is 0 Å². The molecule has 2 heterocycles. The number of aromatic hydroxyl groups is 1. The molecule has 8 aromatic rings. The van der Waals surface area contributed by atoms with Gasteiger partial charge in [-0.05, 0) is 73.0 Å². The number of carbonyl (C=O) groups excluding carboxylic acids is 1. The van der Waals surface area contributed by atoms with Gasteiger partial charge < -0.3 is 20.0 Å². The maximum atomic E-state index is 13.9. The van der Waals surface area contributed by atoms with Crippen LogP contribution in [-0.2, 0) is 16.7 Å². The molecule has 0 spiro atoms. The number of amides is 1. The molecule has 0 fully saturated rings. The molecule has 10 nitrogen and oxygen atoms in total. The normalized spacial score (nSPS) is 12.3. The van der Waals surface area contributed by atoms with Crippen LogP contribution < -0.4 is 5.32 Å². The van der Waals surface area contributed by atoms with Crippen molar-refractivity contribution in [3.05, 3.63) is 115 Å². The van der Waals surface area contributed by atoms with Crippen LogP contribution in [0.2, 0.25) is 0 Å². The van der Waals surface area contributed by atoms with Crippen LogP contribution in [0.15, 0.2) is 124 Å². The Labute approximate surface area is 273 Å². The number of benzene rings is 6. The lowest BCUT2D eigenvalue weighted by Gasteiger charge is -2.12. The minimum atomic E-state index is -4.39. The van der Waals surface area contributed by atoms with Gasteiger partial charge in [0.1, 0.15) is 5.69 Å². The van der Waals surface area contributed by atoms with Gasteiger partial charge in [-0.2, -0.15) is 13.5 Å². The zero-order chi connectivity index (χ0) is 33.2. The van der Waals surface area contributed by atoms with Gasteiger partial charge in [-0.25, -0.2) is 0 Å². The number of nitrogens with zero attached hydrogens (tertiary/aromatic N) is 3. The number of hydrogen-bond acceptors (Lipinski definition) is 6. The van der Waals surface area contributed by atoms with E-state index in [9.17, 15) is 22.9 Å². The first-order chi connectivity index (χ1) is 23.2. The molecule has 0 aliphatic carbocycles. The molecule has 0 bridgehead atoms. The molecule has 0 atom stereocenters. The van der Waals surface area contributed by atoms with Crippen LogP contribution in [0.4, 0.5) is 17.1 Å². The van der Waals surface area contributed by atoms with E-state index in [1.54, 1.807) is 6.07 Å². The van der Waals surface area contributed by atoms with Gasteiger partial charge >= 0.3 is 0 Å². The third-order valence-corrected chi connectivity index (χ3v) is 9.59. The average molecular weight is 654 g/mol. The predicted octanol–water partition coefficient (Wildman–Crippen LogP) is 9.22. The Morgan fingerprint density at radius 3 is 2.31 bits per heavy atom. The van der Waals surface area contributed by atoms with Crippen LogP contribution in [0.25, 0.3) is 54.4 Å². The number of carbonyl (C=O) groups is 1. The van der Waals surface area contributed by atoms with Crippen LogP contribution >= 0.6 is 0 Å². The summed E-state index contributed by atoms with van der Waals surface area (Å²) in [5.41, 5.74) is 4.68. The minimum absolute atomic E-state index is 0.00437.